The molecule has 9 nitrogen and oxygen atoms in total. The molecule has 2 aromatic rings. The summed E-state index contributed by atoms with van der Waals surface area (Å²) in [6.07, 6.45) is 6.28. The van der Waals surface area contributed by atoms with Crippen molar-refractivity contribution >= 4 is 17.5 Å². The van der Waals surface area contributed by atoms with Gasteiger partial charge in [0.05, 0.1) is 24.5 Å². The van der Waals surface area contributed by atoms with E-state index in [0.29, 0.717) is 24.3 Å². The zero-order valence-corrected chi connectivity index (χ0v) is 18.4. The molecular formula is C23H29N5O4. The van der Waals surface area contributed by atoms with Gasteiger partial charge in [-0.1, -0.05) is 0 Å². The first kappa shape index (κ1) is 22.2. The number of nitrogens with zero attached hydrogens (tertiary/aromatic N) is 3. The quantitative estimate of drug-likeness (QED) is 0.504. The highest BCUT2D eigenvalue weighted by Gasteiger charge is 2.28. The van der Waals surface area contributed by atoms with Gasteiger partial charge < -0.3 is 14.5 Å². The summed E-state index contributed by atoms with van der Waals surface area (Å²) >= 11 is 0. The number of carbonyl (C=O) groups is 2. The molecule has 4 rings (SSSR count). The molecule has 0 spiro atoms. The third-order valence-corrected chi connectivity index (χ3v) is 5.79. The Labute approximate surface area is 187 Å². The van der Waals surface area contributed by atoms with Crippen molar-refractivity contribution in [2.75, 3.05) is 39.4 Å². The second kappa shape index (κ2) is 10.5. The second-order valence-electron chi connectivity index (χ2n) is 8.01. The van der Waals surface area contributed by atoms with Crippen LogP contribution in [0.4, 0.5) is 0 Å². The molecule has 0 saturated carbocycles. The monoisotopic (exact) mass is 439 g/mol. The number of nitrogens with one attached hydrogen (secondary N) is 2. The van der Waals surface area contributed by atoms with Gasteiger partial charge in [-0.25, -0.2) is 5.43 Å². The van der Waals surface area contributed by atoms with Crippen LogP contribution in [0, 0.1) is 6.92 Å². The second-order valence-corrected chi connectivity index (χ2v) is 8.01. The Hall–Kier alpha value is -3.04. The molecule has 0 unspecified atom stereocenters. The van der Waals surface area contributed by atoms with E-state index in [4.69, 9.17) is 9.15 Å². The van der Waals surface area contributed by atoms with E-state index in [1.165, 1.54) is 6.20 Å². The Kier molecular flexibility index (Phi) is 7.28. The minimum Gasteiger partial charge on any atom is -0.455 e. The third kappa shape index (κ3) is 5.23. The highest BCUT2D eigenvalue weighted by atomic mass is 16.5. The number of fused-ring (bicyclic) bond motifs is 1. The van der Waals surface area contributed by atoms with Crippen molar-refractivity contribution in [3.05, 3.63) is 52.7 Å². The number of ether oxygens (including phenoxy) is 1. The van der Waals surface area contributed by atoms with Gasteiger partial charge in [-0.05, 0) is 44.9 Å². The smallest absolute Gasteiger partial charge is 0.287 e. The average Bonchev–Trinajstić information content (AvgIpc) is 3.18. The van der Waals surface area contributed by atoms with E-state index in [1.54, 1.807) is 18.3 Å². The van der Waals surface area contributed by atoms with Gasteiger partial charge in [0.1, 0.15) is 5.76 Å². The molecule has 2 aliphatic rings. The number of hydrazone groups is 1. The SMILES string of the molecule is Cc1c(C(=O)NCCCN2CCOCC2)oc2c1/C(=N/NC(=O)c1cccnc1)CCC2. The third-order valence-electron chi connectivity index (χ3n) is 5.79. The summed E-state index contributed by atoms with van der Waals surface area (Å²) < 4.78 is 11.3. The largest absolute Gasteiger partial charge is 0.455 e. The van der Waals surface area contributed by atoms with Crippen LogP contribution in [-0.2, 0) is 11.2 Å². The van der Waals surface area contributed by atoms with E-state index in [2.05, 4.69) is 25.7 Å². The Morgan fingerprint density at radius 1 is 1.22 bits per heavy atom. The molecule has 9 heteroatoms. The molecule has 2 N–H and O–H groups in total. The minimum absolute atomic E-state index is 0.211. The van der Waals surface area contributed by atoms with Gasteiger partial charge >= 0.3 is 0 Å². The minimum atomic E-state index is -0.322. The van der Waals surface area contributed by atoms with E-state index in [1.807, 2.05) is 6.92 Å². The highest BCUT2D eigenvalue weighted by molar-refractivity contribution is 6.07. The zero-order chi connectivity index (χ0) is 22.3. The summed E-state index contributed by atoms with van der Waals surface area (Å²) in [6, 6.07) is 3.38. The van der Waals surface area contributed by atoms with Crippen molar-refractivity contribution < 1.29 is 18.7 Å². The van der Waals surface area contributed by atoms with Gasteiger partial charge in [-0.2, -0.15) is 5.10 Å². The maximum absolute atomic E-state index is 12.7. The number of hydrogen-bond donors (Lipinski definition) is 2. The van der Waals surface area contributed by atoms with Crippen LogP contribution in [0.1, 0.15) is 57.1 Å². The maximum Gasteiger partial charge on any atom is 0.287 e. The highest BCUT2D eigenvalue weighted by Crippen LogP contribution is 2.29. The lowest BCUT2D eigenvalue weighted by Gasteiger charge is -2.26. The van der Waals surface area contributed by atoms with Crippen molar-refractivity contribution in [3.8, 4) is 0 Å². The molecule has 0 aromatic carbocycles. The lowest BCUT2D eigenvalue weighted by atomic mass is 9.93. The van der Waals surface area contributed by atoms with E-state index < -0.39 is 0 Å². The summed E-state index contributed by atoms with van der Waals surface area (Å²) in [7, 11) is 0. The molecule has 0 atom stereocenters. The molecule has 1 aliphatic heterocycles. The molecule has 170 valence electrons. The number of aromatic nitrogens is 1. The molecule has 1 saturated heterocycles. The van der Waals surface area contributed by atoms with E-state index in [0.717, 1.165) is 74.7 Å². The van der Waals surface area contributed by atoms with E-state index in [-0.39, 0.29) is 11.8 Å². The zero-order valence-electron chi connectivity index (χ0n) is 18.4. The molecule has 3 heterocycles. The lowest BCUT2D eigenvalue weighted by molar-refractivity contribution is 0.0374. The normalized spacial score (nSPS) is 17.7. The van der Waals surface area contributed by atoms with Crippen LogP contribution < -0.4 is 10.7 Å². The standard InChI is InChI=1S/C23H29N5O4/c1-16-20-18(26-27-22(29)17-5-3-8-24-15-17)6-2-7-19(20)32-21(16)23(30)25-9-4-10-28-11-13-31-14-12-28/h3,5,8,15H,2,4,6-7,9-14H2,1H3,(H,25,30)(H,27,29)/b26-18+. The first-order valence-electron chi connectivity index (χ1n) is 11.1. The molecule has 32 heavy (non-hydrogen) atoms. The topological polar surface area (TPSA) is 109 Å². The average molecular weight is 440 g/mol. The number of morpholine rings is 1. The van der Waals surface area contributed by atoms with Crippen LogP contribution in [0.15, 0.2) is 34.0 Å². The van der Waals surface area contributed by atoms with Crippen LogP contribution in [-0.4, -0.2) is 66.8 Å². The van der Waals surface area contributed by atoms with E-state index >= 15 is 0 Å². The van der Waals surface area contributed by atoms with Crippen molar-refractivity contribution in [2.45, 2.75) is 32.6 Å². The maximum atomic E-state index is 12.7. The molecule has 1 aliphatic carbocycles. The lowest BCUT2D eigenvalue weighted by Crippen LogP contribution is -2.38. The molecule has 0 radical (unpaired) electrons. The fourth-order valence-corrected chi connectivity index (χ4v) is 4.09. The summed E-state index contributed by atoms with van der Waals surface area (Å²) in [5.74, 6) is 0.547. The number of pyridine rings is 1. The Bertz CT molecular complexity index is 980. The van der Waals surface area contributed by atoms with Gasteiger partial charge in [0.25, 0.3) is 11.8 Å². The first-order chi connectivity index (χ1) is 15.6. The van der Waals surface area contributed by atoms with Crippen LogP contribution in [0.5, 0.6) is 0 Å². The summed E-state index contributed by atoms with van der Waals surface area (Å²) in [5, 5.41) is 7.31. The first-order valence-corrected chi connectivity index (χ1v) is 11.1. The number of rotatable bonds is 7. The van der Waals surface area contributed by atoms with Crippen LogP contribution in [0.3, 0.4) is 0 Å². The number of aryl methyl sites for hydroxylation is 1. The molecule has 0 bridgehead atoms. The van der Waals surface area contributed by atoms with Crippen molar-refractivity contribution in [1.82, 2.24) is 20.6 Å². The van der Waals surface area contributed by atoms with Gasteiger partial charge in [0.15, 0.2) is 5.76 Å². The van der Waals surface area contributed by atoms with Crippen molar-refractivity contribution in [1.29, 1.82) is 0 Å². The molecular weight excluding hydrogens is 410 g/mol. The molecule has 2 aromatic heterocycles. The summed E-state index contributed by atoms with van der Waals surface area (Å²) in [4.78, 5) is 31.3. The fraction of sp³-hybridized carbons (Fsp3) is 0.478. The van der Waals surface area contributed by atoms with E-state index in [9.17, 15) is 9.59 Å². The summed E-state index contributed by atoms with van der Waals surface area (Å²) in [5.41, 5.74) is 5.37. The van der Waals surface area contributed by atoms with Gasteiger partial charge in [0, 0.05) is 49.6 Å². The Morgan fingerprint density at radius 3 is 2.84 bits per heavy atom. The molecule has 1 fully saturated rings. The van der Waals surface area contributed by atoms with Gasteiger partial charge in [-0.3, -0.25) is 19.5 Å². The number of carbonyl (C=O) groups excluding carboxylic acids is 2. The fourth-order valence-electron chi connectivity index (χ4n) is 4.09. The predicted molar refractivity (Wildman–Crippen MR) is 119 cm³/mol. The van der Waals surface area contributed by atoms with Gasteiger partial charge in [-0.15, -0.1) is 0 Å². The number of furan rings is 1. The number of amides is 2. The van der Waals surface area contributed by atoms with Crippen molar-refractivity contribution in [3.63, 3.8) is 0 Å². The van der Waals surface area contributed by atoms with Crippen LogP contribution in [0.25, 0.3) is 0 Å². The van der Waals surface area contributed by atoms with Crippen LogP contribution >= 0.6 is 0 Å². The van der Waals surface area contributed by atoms with Crippen molar-refractivity contribution in [2.24, 2.45) is 5.10 Å². The molecule has 2 amide bonds. The summed E-state index contributed by atoms with van der Waals surface area (Å²) in [6.45, 7) is 6.82. The van der Waals surface area contributed by atoms with Gasteiger partial charge in [0.2, 0.25) is 0 Å². The predicted octanol–water partition coefficient (Wildman–Crippen LogP) is 1.91. The van der Waals surface area contributed by atoms with Crippen LogP contribution in [0.2, 0.25) is 0 Å². The Morgan fingerprint density at radius 2 is 2.06 bits per heavy atom. The Balaban J connectivity index is 1.38. The number of hydrogen-bond acceptors (Lipinski definition) is 7.